The molecule has 10 heteroatoms. The molecule has 1 amide bonds. The van der Waals surface area contributed by atoms with Gasteiger partial charge < -0.3 is 0 Å². The van der Waals surface area contributed by atoms with E-state index in [1.807, 2.05) is 18.2 Å². The summed E-state index contributed by atoms with van der Waals surface area (Å²) in [6, 6.07) is 12.7. The number of para-hydroxylation sites is 1. The molecular formula is C17H12N6O3S. The average molecular weight is 380 g/mol. The number of hydrogen-bond donors (Lipinski definition) is 0. The standard InChI is InChI=1S/C17H12N6O3S/c1-10-15(16(24)22(21-10)11-5-3-2-4-6-11)19-20-17-18-13-8-7-12(23(25)26)9-14(13)27-17/h2-9,15H,1H3. The zero-order valence-electron chi connectivity index (χ0n) is 14.0. The monoisotopic (exact) mass is 380 g/mol. The number of benzene rings is 2. The van der Waals surface area contributed by atoms with Crippen molar-refractivity contribution in [2.45, 2.75) is 13.0 Å². The predicted octanol–water partition coefficient (Wildman–Crippen LogP) is 4.08. The molecule has 0 radical (unpaired) electrons. The molecule has 9 nitrogen and oxygen atoms in total. The summed E-state index contributed by atoms with van der Waals surface area (Å²) in [7, 11) is 0. The third-order valence-corrected chi connectivity index (χ3v) is 4.83. The average Bonchev–Trinajstić information content (AvgIpc) is 3.20. The van der Waals surface area contributed by atoms with E-state index in [1.54, 1.807) is 25.1 Å². The molecule has 0 spiro atoms. The minimum absolute atomic E-state index is 0.0120. The smallest absolute Gasteiger partial charge is 0.269 e. The van der Waals surface area contributed by atoms with E-state index in [9.17, 15) is 14.9 Å². The number of nitro groups is 1. The number of amides is 1. The maximum absolute atomic E-state index is 12.6. The molecule has 1 aliphatic rings. The van der Waals surface area contributed by atoms with Crippen LogP contribution in [0, 0.1) is 10.1 Å². The summed E-state index contributed by atoms with van der Waals surface area (Å²) in [5, 5.41) is 24.9. The molecule has 0 N–H and O–H groups in total. The van der Waals surface area contributed by atoms with Crippen LogP contribution in [0.5, 0.6) is 0 Å². The molecule has 0 fully saturated rings. The molecule has 1 aliphatic heterocycles. The molecule has 27 heavy (non-hydrogen) atoms. The van der Waals surface area contributed by atoms with Crippen LogP contribution in [0.4, 0.5) is 16.5 Å². The van der Waals surface area contributed by atoms with E-state index >= 15 is 0 Å². The van der Waals surface area contributed by atoms with Gasteiger partial charge in [0.1, 0.15) is 0 Å². The topological polar surface area (TPSA) is 113 Å². The highest BCUT2D eigenvalue weighted by molar-refractivity contribution is 7.21. The minimum Gasteiger partial charge on any atom is -0.269 e. The Morgan fingerprint density at radius 2 is 2.00 bits per heavy atom. The zero-order valence-corrected chi connectivity index (χ0v) is 14.8. The normalized spacial score (nSPS) is 17.1. The number of azo groups is 1. The summed E-state index contributed by atoms with van der Waals surface area (Å²) >= 11 is 1.17. The number of carbonyl (C=O) groups is 1. The molecule has 1 atom stereocenters. The van der Waals surface area contributed by atoms with E-state index in [1.165, 1.54) is 28.5 Å². The molecule has 1 unspecified atom stereocenters. The fraction of sp³-hybridized carbons (Fsp3) is 0.118. The Kier molecular flexibility index (Phi) is 4.16. The predicted molar refractivity (Wildman–Crippen MR) is 102 cm³/mol. The van der Waals surface area contributed by atoms with Gasteiger partial charge in [-0.05, 0) is 25.1 Å². The summed E-state index contributed by atoms with van der Waals surface area (Å²) < 4.78 is 0.632. The van der Waals surface area contributed by atoms with Crippen LogP contribution in [0.15, 0.2) is 63.9 Å². The number of hydrogen-bond acceptors (Lipinski definition) is 8. The molecule has 4 rings (SSSR count). The van der Waals surface area contributed by atoms with Gasteiger partial charge in [-0.2, -0.15) is 15.2 Å². The van der Waals surface area contributed by atoms with E-state index in [0.29, 0.717) is 26.7 Å². The second kappa shape index (κ2) is 6.65. The first-order valence-electron chi connectivity index (χ1n) is 7.93. The van der Waals surface area contributed by atoms with E-state index in [4.69, 9.17) is 0 Å². The first-order valence-corrected chi connectivity index (χ1v) is 8.74. The number of nitrogens with zero attached hydrogens (tertiary/aromatic N) is 6. The number of carbonyl (C=O) groups excluding carboxylic acids is 1. The van der Waals surface area contributed by atoms with Crippen LogP contribution in [0.25, 0.3) is 10.2 Å². The summed E-state index contributed by atoms with van der Waals surface area (Å²) in [5.41, 5.74) is 1.77. The Morgan fingerprint density at radius 1 is 1.22 bits per heavy atom. The third-order valence-electron chi connectivity index (χ3n) is 3.93. The van der Waals surface area contributed by atoms with E-state index in [0.717, 1.165) is 0 Å². The molecule has 2 aromatic carbocycles. The van der Waals surface area contributed by atoms with Crippen LogP contribution >= 0.6 is 11.3 Å². The van der Waals surface area contributed by atoms with Crippen molar-refractivity contribution in [3.63, 3.8) is 0 Å². The second-order valence-corrected chi connectivity index (χ2v) is 6.76. The number of non-ortho nitro benzene ring substituents is 1. The van der Waals surface area contributed by atoms with Crippen LogP contribution in [-0.2, 0) is 4.79 Å². The Bertz CT molecular complexity index is 1110. The van der Waals surface area contributed by atoms with Crippen molar-refractivity contribution in [3.05, 3.63) is 58.6 Å². The highest BCUT2D eigenvalue weighted by Gasteiger charge is 2.34. The molecule has 2 heterocycles. The lowest BCUT2D eigenvalue weighted by Gasteiger charge is -2.11. The summed E-state index contributed by atoms with van der Waals surface area (Å²) in [4.78, 5) is 27.3. The molecule has 0 aliphatic carbocycles. The van der Waals surface area contributed by atoms with E-state index in [-0.39, 0.29) is 11.6 Å². The molecule has 3 aromatic rings. The third kappa shape index (κ3) is 3.17. The maximum atomic E-state index is 12.6. The first kappa shape index (κ1) is 16.9. The van der Waals surface area contributed by atoms with Gasteiger partial charge in [0.15, 0.2) is 6.04 Å². The fourth-order valence-corrected chi connectivity index (χ4v) is 3.43. The van der Waals surface area contributed by atoms with Gasteiger partial charge in [-0.1, -0.05) is 29.5 Å². The lowest BCUT2D eigenvalue weighted by Crippen LogP contribution is -2.29. The summed E-state index contributed by atoms with van der Waals surface area (Å²) in [6.07, 6.45) is 0. The van der Waals surface area contributed by atoms with Crippen molar-refractivity contribution in [1.29, 1.82) is 0 Å². The van der Waals surface area contributed by atoms with Crippen LogP contribution < -0.4 is 5.01 Å². The van der Waals surface area contributed by atoms with Gasteiger partial charge in [-0.15, -0.1) is 5.11 Å². The molecule has 0 saturated carbocycles. The van der Waals surface area contributed by atoms with Crippen LogP contribution in [0.1, 0.15) is 6.92 Å². The lowest BCUT2D eigenvalue weighted by atomic mass is 10.2. The number of rotatable bonds is 4. The van der Waals surface area contributed by atoms with Crippen molar-refractivity contribution in [2.75, 3.05) is 5.01 Å². The Labute approximate surface area is 156 Å². The van der Waals surface area contributed by atoms with Crippen molar-refractivity contribution in [1.82, 2.24) is 4.98 Å². The number of hydrazone groups is 1. The quantitative estimate of drug-likeness (QED) is 0.385. The molecule has 0 saturated heterocycles. The number of thiazole rings is 1. The fourth-order valence-electron chi connectivity index (χ4n) is 2.61. The van der Waals surface area contributed by atoms with Crippen molar-refractivity contribution < 1.29 is 9.72 Å². The molecule has 0 bridgehead atoms. The van der Waals surface area contributed by atoms with Crippen LogP contribution in [-0.4, -0.2) is 27.6 Å². The van der Waals surface area contributed by atoms with Crippen molar-refractivity contribution >= 4 is 49.7 Å². The number of aromatic nitrogens is 1. The van der Waals surface area contributed by atoms with E-state index in [2.05, 4.69) is 20.3 Å². The maximum Gasteiger partial charge on any atom is 0.280 e. The summed E-state index contributed by atoms with van der Waals surface area (Å²) in [6.45, 7) is 1.71. The lowest BCUT2D eigenvalue weighted by molar-refractivity contribution is -0.384. The zero-order chi connectivity index (χ0) is 19.0. The van der Waals surface area contributed by atoms with Gasteiger partial charge in [-0.3, -0.25) is 14.9 Å². The SMILES string of the molecule is CC1=NN(c2ccccc2)C(=O)C1N=Nc1nc2ccc([N+](=O)[O-])cc2s1. The van der Waals surface area contributed by atoms with Crippen LogP contribution in [0.2, 0.25) is 0 Å². The van der Waals surface area contributed by atoms with Gasteiger partial charge in [0.25, 0.3) is 11.6 Å². The second-order valence-electron chi connectivity index (χ2n) is 5.75. The van der Waals surface area contributed by atoms with Crippen molar-refractivity contribution in [2.24, 2.45) is 15.3 Å². The highest BCUT2D eigenvalue weighted by atomic mass is 32.1. The van der Waals surface area contributed by atoms with Crippen molar-refractivity contribution in [3.8, 4) is 0 Å². The Hall–Kier alpha value is -3.53. The van der Waals surface area contributed by atoms with Crippen LogP contribution in [0.3, 0.4) is 0 Å². The number of fused-ring (bicyclic) bond motifs is 1. The largest absolute Gasteiger partial charge is 0.280 e. The molecule has 1 aromatic heterocycles. The van der Waals surface area contributed by atoms with Gasteiger partial charge in [-0.25, -0.2) is 4.98 Å². The van der Waals surface area contributed by atoms with Gasteiger partial charge in [0.05, 0.1) is 26.5 Å². The number of anilines is 1. The van der Waals surface area contributed by atoms with E-state index < -0.39 is 11.0 Å². The van der Waals surface area contributed by atoms with Gasteiger partial charge >= 0.3 is 0 Å². The molecular weight excluding hydrogens is 368 g/mol. The Balaban J connectivity index is 1.58. The molecule has 134 valence electrons. The van der Waals surface area contributed by atoms with Gasteiger partial charge in [0.2, 0.25) is 5.13 Å². The number of nitro benzene ring substituents is 1. The first-order chi connectivity index (χ1) is 13.0. The minimum atomic E-state index is -0.813. The Morgan fingerprint density at radius 3 is 2.74 bits per heavy atom. The summed E-state index contributed by atoms with van der Waals surface area (Å²) in [5.74, 6) is -0.292. The van der Waals surface area contributed by atoms with Gasteiger partial charge in [0, 0.05) is 12.1 Å². The highest BCUT2D eigenvalue weighted by Crippen LogP contribution is 2.31.